The minimum absolute atomic E-state index is 0.0554. The van der Waals surface area contributed by atoms with Gasteiger partial charge in [0, 0.05) is 11.3 Å². The second kappa shape index (κ2) is 3.43. The van der Waals surface area contributed by atoms with E-state index in [1.807, 2.05) is 6.07 Å². The van der Waals surface area contributed by atoms with Crippen molar-refractivity contribution in [2.75, 3.05) is 5.75 Å². The van der Waals surface area contributed by atoms with Crippen molar-refractivity contribution in [1.29, 1.82) is 0 Å². The number of carbonyl (C=O) groups is 1. The summed E-state index contributed by atoms with van der Waals surface area (Å²) in [5.41, 5.74) is 0.994. The monoisotopic (exact) mass is 199 g/mol. The zero-order valence-corrected chi connectivity index (χ0v) is 7.58. The van der Waals surface area contributed by atoms with Crippen LogP contribution < -0.4 is 5.32 Å². The molecule has 2 N–H and O–H groups in total. The highest BCUT2D eigenvalue weighted by molar-refractivity contribution is 7.99. The van der Waals surface area contributed by atoms with Crippen molar-refractivity contribution in [3.05, 3.63) is 24.2 Å². The topological polar surface area (TPSA) is 62.5 Å². The molecule has 1 fully saturated rings. The van der Waals surface area contributed by atoms with Gasteiger partial charge in [-0.15, -0.1) is 11.8 Å². The molecule has 1 saturated heterocycles. The van der Waals surface area contributed by atoms with Gasteiger partial charge in [-0.25, -0.2) is 0 Å². The van der Waals surface area contributed by atoms with Gasteiger partial charge >= 0.3 is 5.97 Å². The number of rotatable bonds is 2. The molecule has 0 radical (unpaired) electrons. The van der Waals surface area contributed by atoms with Gasteiger partial charge in [0.1, 0.15) is 6.04 Å². The number of carboxylic acid groups (broad SMARTS) is 1. The van der Waals surface area contributed by atoms with Crippen LogP contribution >= 0.6 is 11.8 Å². The highest BCUT2D eigenvalue weighted by Gasteiger charge is 2.30. The summed E-state index contributed by atoms with van der Waals surface area (Å²) < 4.78 is 4.92. The lowest BCUT2D eigenvalue weighted by Crippen LogP contribution is -2.33. The van der Waals surface area contributed by atoms with Crippen molar-refractivity contribution in [1.82, 2.24) is 5.32 Å². The molecule has 1 aromatic heterocycles. The van der Waals surface area contributed by atoms with Crippen LogP contribution in [0.2, 0.25) is 0 Å². The Morgan fingerprint density at radius 1 is 1.77 bits per heavy atom. The molecule has 0 bridgehead atoms. The molecule has 2 atom stereocenters. The Bertz CT molecular complexity index is 298. The summed E-state index contributed by atoms with van der Waals surface area (Å²) in [6, 6.07) is 1.40. The molecule has 70 valence electrons. The van der Waals surface area contributed by atoms with Crippen LogP contribution in [0, 0.1) is 0 Å². The molecule has 2 rings (SSSR count). The number of hydrogen-bond acceptors (Lipinski definition) is 4. The van der Waals surface area contributed by atoms with Crippen LogP contribution in [0.3, 0.4) is 0 Å². The van der Waals surface area contributed by atoms with E-state index < -0.39 is 12.0 Å². The molecule has 0 unspecified atom stereocenters. The molecule has 5 heteroatoms. The lowest BCUT2D eigenvalue weighted by Gasteiger charge is -2.07. The summed E-state index contributed by atoms with van der Waals surface area (Å²) in [6.45, 7) is 0. The van der Waals surface area contributed by atoms with E-state index in [1.54, 1.807) is 24.3 Å². The molecule has 2 heterocycles. The van der Waals surface area contributed by atoms with Crippen molar-refractivity contribution in [3.8, 4) is 0 Å². The number of carboxylic acids is 1. The standard InChI is InChI=1S/C8H9NO3S/c10-8(11)6-4-13-7(9-6)5-1-2-12-3-5/h1-3,6-7,9H,4H2,(H,10,11)/t6-,7+/m0/s1. The molecule has 13 heavy (non-hydrogen) atoms. The maximum Gasteiger partial charge on any atom is 0.321 e. The second-order valence-corrected chi connectivity index (χ2v) is 3.97. The van der Waals surface area contributed by atoms with E-state index in [2.05, 4.69) is 5.32 Å². The first-order valence-corrected chi connectivity index (χ1v) is 4.95. The Hall–Kier alpha value is -0.940. The largest absolute Gasteiger partial charge is 0.480 e. The summed E-state index contributed by atoms with van der Waals surface area (Å²) in [6.07, 6.45) is 3.22. The Labute approximate surface area is 79.3 Å². The lowest BCUT2D eigenvalue weighted by molar-refractivity contribution is -0.138. The summed E-state index contributed by atoms with van der Waals surface area (Å²) >= 11 is 1.58. The molecule has 1 aromatic rings. The molecular weight excluding hydrogens is 190 g/mol. The molecule has 0 aliphatic carbocycles. The predicted octanol–water partition coefficient (Wildman–Crippen LogP) is 1.07. The van der Waals surface area contributed by atoms with Crippen LogP contribution in [0.15, 0.2) is 23.0 Å². The van der Waals surface area contributed by atoms with Gasteiger partial charge in [-0.1, -0.05) is 0 Å². The van der Waals surface area contributed by atoms with E-state index in [-0.39, 0.29) is 5.37 Å². The van der Waals surface area contributed by atoms with Crippen molar-refractivity contribution < 1.29 is 14.3 Å². The van der Waals surface area contributed by atoms with Crippen molar-refractivity contribution in [2.24, 2.45) is 0 Å². The van der Waals surface area contributed by atoms with Crippen LogP contribution in [0.5, 0.6) is 0 Å². The van der Waals surface area contributed by atoms with Crippen molar-refractivity contribution >= 4 is 17.7 Å². The number of nitrogens with one attached hydrogen (secondary N) is 1. The van der Waals surface area contributed by atoms with Gasteiger partial charge in [-0.3, -0.25) is 10.1 Å². The molecule has 0 saturated carbocycles. The van der Waals surface area contributed by atoms with Crippen LogP contribution in [0.25, 0.3) is 0 Å². The van der Waals surface area contributed by atoms with Crippen LogP contribution in [0.4, 0.5) is 0 Å². The molecular formula is C8H9NO3S. The summed E-state index contributed by atoms with van der Waals surface area (Å²) in [5.74, 6) is -0.191. The molecule has 0 spiro atoms. The summed E-state index contributed by atoms with van der Waals surface area (Å²) in [5, 5.41) is 11.8. The minimum Gasteiger partial charge on any atom is -0.480 e. The maximum absolute atomic E-state index is 10.6. The zero-order valence-electron chi connectivity index (χ0n) is 6.77. The van der Waals surface area contributed by atoms with E-state index in [0.29, 0.717) is 5.75 Å². The Balaban J connectivity index is 2.03. The third kappa shape index (κ3) is 1.71. The average molecular weight is 199 g/mol. The Kier molecular flexibility index (Phi) is 2.28. The first-order chi connectivity index (χ1) is 6.27. The predicted molar refractivity (Wildman–Crippen MR) is 48.5 cm³/mol. The number of furan rings is 1. The van der Waals surface area contributed by atoms with Gasteiger partial charge in [-0.2, -0.15) is 0 Å². The highest BCUT2D eigenvalue weighted by atomic mass is 32.2. The first-order valence-electron chi connectivity index (χ1n) is 3.90. The lowest BCUT2D eigenvalue weighted by atomic mass is 10.3. The van der Waals surface area contributed by atoms with E-state index >= 15 is 0 Å². The fraction of sp³-hybridized carbons (Fsp3) is 0.375. The zero-order chi connectivity index (χ0) is 9.26. The quantitative estimate of drug-likeness (QED) is 0.746. The fourth-order valence-corrected chi connectivity index (χ4v) is 2.44. The van der Waals surface area contributed by atoms with Crippen LogP contribution in [-0.4, -0.2) is 22.9 Å². The SMILES string of the molecule is O=C(O)[C@@H]1CS[C@H](c2ccoc2)N1. The Morgan fingerprint density at radius 2 is 2.62 bits per heavy atom. The average Bonchev–Trinajstić information content (AvgIpc) is 2.75. The molecule has 1 aliphatic heterocycles. The second-order valence-electron chi connectivity index (χ2n) is 2.83. The molecule has 0 aromatic carbocycles. The number of aliphatic carboxylic acids is 1. The van der Waals surface area contributed by atoms with E-state index in [1.165, 1.54) is 0 Å². The highest BCUT2D eigenvalue weighted by Crippen LogP contribution is 2.32. The van der Waals surface area contributed by atoms with Crippen molar-refractivity contribution in [2.45, 2.75) is 11.4 Å². The van der Waals surface area contributed by atoms with Gasteiger partial charge in [0.15, 0.2) is 0 Å². The Morgan fingerprint density at radius 3 is 3.15 bits per heavy atom. The van der Waals surface area contributed by atoms with Gasteiger partial charge in [0.05, 0.1) is 17.9 Å². The van der Waals surface area contributed by atoms with Gasteiger partial charge in [-0.05, 0) is 6.07 Å². The van der Waals surface area contributed by atoms with E-state index in [0.717, 1.165) is 5.56 Å². The molecule has 1 aliphatic rings. The smallest absolute Gasteiger partial charge is 0.321 e. The summed E-state index contributed by atoms with van der Waals surface area (Å²) in [4.78, 5) is 10.6. The van der Waals surface area contributed by atoms with Crippen molar-refractivity contribution in [3.63, 3.8) is 0 Å². The normalized spacial score (nSPS) is 27.7. The van der Waals surface area contributed by atoms with E-state index in [4.69, 9.17) is 9.52 Å². The number of thioether (sulfide) groups is 1. The van der Waals surface area contributed by atoms with Gasteiger partial charge in [0.2, 0.25) is 0 Å². The first kappa shape index (κ1) is 8.65. The summed E-state index contributed by atoms with van der Waals surface area (Å²) in [7, 11) is 0. The van der Waals surface area contributed by atoms with Crippen LogP contribution in [0.1, 0.15) is 10.9 Å². The van der Waals surface area contributed by atoms with E-state index in [9.17, 15) is 4.79 Å². The fourth-order valence-electron chi connectivity index (χ4n) is 1.23. The van der Waals surface area contributed by atoms with Gasteiger partial charge in [0.25, 0.3) is 0 Å². The van der Waals surface area contributed by atoms with Gasteiger partial charge < -0.3 is 9.52 Å². The minimum atomic E-state index is -0.793. The molecule has 0 amide bonds. The van der Waals surface area contributed by atoms with Crippen LogP contribution in [-0.2, 0) is 4.79 Å². The maximum atomic E-state index is 10.6. The molecule has 4 nitrogen and oxygen atoms in total. The third-order valence-electron chi connectivity index (χ3n) is 1.93. The third-order valence-corrected chi connectivity index (χ3v) is 3.19. The number of hydrogen-bond donors (Lipinski definition) is 2.